The van der Waals surface area contributed by atoms with Crippen LogP contribution in [0, 0.1) is 0 Å². The highest BCUT2D eigenvalue weighted by Crippen LogP contribution is 2.26. The molecule has 5 heteroatoms. The molecule has 1 aliphatic rings. The minimum Gasteiger partial charge on any atom is -0.313 e. The van der Waals surface area contributed by atoms with Gasteiger partial charge in [-0.2, -0.15) is 11.8 Å². The number of hydrogen-bond donors (Lipinski definition) is 1. The van der Waals surface area contributed by atoms with E-state index in [1.807, 2.05) is 11.8 Å². The molecule has 0 heterocycles. The summed E-state index contributed by atoms with van der Waals surface area (Å²) in [6.45, 7) is 4.10. The minimum absolute atomic E-state index is 0.253. The molecule has 0 amide bonds. The number of nitrogens with one attached hydrogen (secondary N) is 1. The van der Waals surface area contributed by atoms with Crippen molar-refractivity contribution >= 4 is 21.6 Å². The maximum absolute atomic E-state index is 11.6. The van der Waals surface area contributed by atoms with Crippen LogP contribution in [0.15, 0.2) is 0 Å². The molecule has 102 valence electrons. The van der Waals surface area contributed by atoms with Crippen LogP contribution in [0.1, 0.15) is 39.5 Å². The molecule has 0 aromatic rings. The van der Waals surface area contributed by atoms with E-state index < -0.39 is 9.84 Å². The lowest BCUT2D eigenvalue weighted by Crippen LogP contribution is -2.37. The van der Waals surface area contributed by atoms with Crippen molar-refractivity contribution < 1.29 is 8.42 Å². The van der Waals surface area contributed by atoms with Crippen molar-refractivity contribution in [1.29, 1.82) is 0 Å². The summed E-state index contributed by atoms with van der Waals surface area (Å²) in [6, 6.07) is 0.528. The Morgan fingerprint density at radius 3 is 2.29 bits per heavy atom. The minimum atomic E-state index is -2.88. The summed E-state index contributed by atoms with van der Waals surface area (Å²) in [4.78, 5) is 0. The van der Waals surface area contributed by atoms with E-state index >= 15 is 0 Å². The molecule has 0 atom stereocenters. The van der Waals surface area contributed by atoms with Crippen molar-refractivity contribution in [2.45, 2.75) is 56.1 Å². The SMILES string of the molecule is CSC1CCC(NCCS(=O)(=O)C(C)C)CC1. The first kappa shape index (κ1) is 15.3. The molecule has 1 fully saturated rings. The van der Waals surface area contributed by atoms with Crippen LogP contribution >= 0.6 is 11.8 Å². The number of sulfone groups is 1. The predicted octanol–water partition coefficient (Wildman–Crippen LogP) is 2.07. The topological polar surface area (TPSA) is 46.2 Å². The van der Waals surface area contributed by atoms with Crippen molar-refractivity contribution in [2.75, 3.05) is 18.6 Å². The Balaban J connectivity index is 2.20. The summed E-state index contributed by atoms with van der Waals surface area (Å²) >= 11 is 1.96. The maximum Gasteiger partial charge on any atom is 0.153 e. The fraction of sp³-hybridized carbons (Fsp3) is 1.00. The molecule has 3 nitrogen and oxygen atoms in total. The highest BCUT2D eigenvalue weighted by Gasteiger charge is 2.21. The Hall–Kier alpha value is 0.260. The zero-order valence-electron chi connectivity index (χ0n) is 11.1. The highest BCUT2D eigenvalue weighted by atomic mass is 32.2. The molecular formula is C12H25NO2S2. The van der Waals surface area contributed by atoms with Crippen molar-refractivity contribution in [2.24, 2.45) is 0 Å². The molecule has 1 aliphatic carbocycles. The second-order valence-corrected chi connectivity index (χ2v) is 8.89. The van der Waals surface area contributed by atoms with Gasteiger partial charge in [0.2, 0.25) is 0 Å². The average Bonchev–Trinajstić information content (AvgIpc) is 2.29. The molecule has 0 bridgehead atoms. The zero-order valence-corrected chi connectivity index (χ0v) is 12.7. The van der Waals surface area contributed by atoms with Gasteiger partial charge in [-0.15, -0.1) is 0 Å². The lowest BCUT2D eigenvalue weighted by Gasteiger charge is -2.28. The van der Waals surface area contributed by atoms with Gasteiger partial charge in [-0.05, 0) is 45.8 Å². The predicted molar refractivity (Wildman–Crippen MR) is 76.5 cm³/mol. The third kappa shape index (κ3) is 5.18. The number of thioether (sulfide) groups is 1. The summed E-state index contributed by atoms with van der Waals surface area (Å²) in [6.07, 6.45) is 7.07. The molecule has 0 spiro atoms. The molecule has 1 N–H and O–H groups in total. The van der Waals surface area contributed by atoms with Gasteiger partial charge in [0, 0.05) is 17.8 Å². The van der Waals surface area contributed by atoms with Crippen molar-refractivity contribution in [3.63, 3.8) is 0 Å². The monoisotopic (exact) mass is 279 g/mol. The standard InChI is InChI=1S/C12H25NO2S2/c1-10(2)17(14,15)9-8-13-11-4-6-12(16-3)7-5-11/h10-13H,4-9H2,1-3H3. The molecule has 0 aliphatic heterocycles. The van der Waals surface area contributed by atoms with E-state index in [0.29, 0.717) is 12.6 Å². The number of rotatable bonds is 6. The molecule has 1 saturated carbocycles. The van der Waals surface area contributed by atoms with Crippen LogP contribution in [0.25, 0.3) is 0 Å². The lowest BCUT2D eigenvalue weighted by molar-refractivity contribution is 0.387. The van der Waals surface area contributed by atoms with Crippen LogP contribution in [0.2, 0.25) is 0 Å². The third-order valence-electron chi connectivity index (χ3n) is 3.55. The van der Waals surface area contributed by atoms with Crippen LogP contribution in [-0.2, 0) is 9.84 Å². The van der Waals surface area contributed by atoms with E-state index in [1.54, 1.807) is 13.8 Å². The molecule has 1 rings (SSSR count). The van der Waals surface area contributed by atoms with Gasteiger partial charge in [0.15, 0.2) is 9.84 Å². The average molecular weight is 279 g/mol. The van der Waals surface area contributed by atoms with Gasteiger partial charge >= 0.3 is 0 Å². The van der Waals surface area contributed by atoms with Gasteiger partial charge in [0.25, 0.3) is 0 Å². The Labute approximate surface area is 110 Å². The van der Waals surface area contributed by atoms with Crippen molar-refractivity contribution in [3.8, 4) is 0 Å². The summed E-state index contributed by atoms with van der Waals surface area (Å²) < 4.78 is 23.3. The lowest BCUT2D eigenvalue weighted by atomic mass is 9.95. The van der Waals surface area contributed by atoms with Crippen LogP contribution in [0.4, 0.5) is 0 Å². The normalized spacial score (nSPS) is 26.4. The van der Waals surface area contributed by atoms with Gasteiger partial charge in [0.05, 0.1) is 11.0 Å². The molecule has 0 aromatic carbocycles. The maximum atomic E-state index is 11.6. The van der Waals surface area contributed by atoms with Crippen molar-refractivity contribution in [1.82, 2.24) is 5.32 Å². The molecule has 17 heavy (non-hydrogen) atoms. The highest BCUT2D eigenvalue weighted by molar-refractivity contribution is 7.99. The Morgan fingerprint density at radius 2 is 1.82 bits per heavy atom. The summed E-state index contributed by atoms with van der Waals surface area (Å²) in [7, 11) is -2.88. The summed E-state index contributed by atoms with van der Waals surface area (Å²) in [5.74, 6) is 0.271. The summed E-state index contributed by atoms with van der Waals surface area (Å²) in [5.41, 5.74) is 0. The molecule has 0 unspecified atom stereocenters. The second-order valence-electron chi connectivity index (χ2n) is 5.08. The van der Waals surface area contributed by atoms with E-state index in [1.165, 1.54) is 25.7 Å². The van der Waals surface area contributed by atoms with Gasteiger partial charge in [0.1, 0.15) is 0 Å². The number of hydrogen-bond acceptors (Lipinski definition) is 4. The van der Waals surface area contributed by atoms with Crippen LogP contribution in [-0.4, -0.2) is 43.5 Å². The Kier molecular flexibility index (Phi) is 6.31. The summed E-state index contributed by atoms with van der Waals surface area (Å²) in [5, 5.41) is 3.95. The van der Waals surface area contributed by atoms with Gasteiger partial charge in [-0.25, -0.2) is 8.42 Å². The molecular weight excluding hydrogens is 254 g/mol. The fourth-order valence-electron chi connectivity index (χ4n) is 2.14. The quantitative estimate of drug-likeness (QED) is 0.808. The van der Waals surface area contributed by atoms with Crippen LogP contribution < -0.4 is 5.32 Å². The Bertz CT molecular complexity index is 306. The van der Waals surface area contributed by atoms with E-state index in [0.717, 1.165) is 5.25 Å². The van der Waals surface area contributed by atoms with E-state index in [9.17, 15) is 8.42 Å². The van der Waals surface area contributed by atoms with E-state index in [-0.39, 0.29) is 11.0 Å². The largest absolute Gasteiger partial charge is 0.313 e. The molecule has 0 aromatic heterocycles. The first-order chi connectivity index (χ1) is 7.95. The first-order valence-electron chi connectivity index (χ1n) is 6.43. The smallest absolute Gasteiger partial charge is 0.153 e. The van der Waals surface area contributed by atoms with Gasteiger partial charge < -0.3 is 5.32 Å². The van der Waals surface area contributed by atoms with Crippen LogP contribution in [0.3, 0.4) is 0 Å². The Morgan fingerprint density at radius 1 is 1.24 bits per heavy atom. The molecule has 0 radical (unpaired) electrons. The van der Waals surface area contributed by atoms with Gasteiger partial charge in [-0.1, -0.05) is 0 Å². The van der Waals surface area contributed by atoms with E-state index in [2.05, 4.69) is 11.6 Å². The van der Waals surface area contributed by atoms with Crippen LogP contribution in [0.5, 0.6) is 0 Å². The first-order valence-corrected chi connectivity index (χ1v) is 9.43. The fourth-order valence-corrected chi connectivity index (χ4v) is 3.76. The van der Waals surface area contributed by atoms with E-state index in [4.69, 9.17) is 0 Å². The third-order valence-corrected chi connectivity index (χ3v) is 6.89. The molecule has 0 saturated heterocycles. The van der Waals surface area contributed by atoms with Crippen molar-refractivity contribution in [3.05, 3.63) is 0 Å². The second kappa shape index (κ2) is 7.00. The van der Waals surface area contributed by atoms with Gasteiger partial charge in [-0.3, -0.25) is 0 Å². The zero-order chi connectivity index (χ0) is 12.9.